The molecule has 1 heterocycles. The summed E-state index contributed by atoms with van der Waals surface area (Å²) in [6.07, 6.45) is 0.0424. The maximum Gasteiger partial charge on any atom is 0.267 e. The molecule has 34 heavy (non-hydrogen) atoms. The van der Waals surface area contributed by atoms with Crippen molar-refractivity contribution in [1.82, 2.24) is 5.32 Å². The van der Waals surface area contributed by atoms with E-state index in [2.05, 4.69) is 11.9 Å². The first-order valence-electron chi connectivity index (χ1n) is 10.8. The van der Waals surface area contributed by atoms with E-state index < -0.39 is 20.5 Å². The molecule has 1 aliphatic heterocycles. The summed E-state index contributed by atoms with van der Waals surface area (Å²) in [4.78, 5) is 26.1. The second kappa shape index (κ2) is 10.7. The number of anilines is 1. The molecule has 0 aromatic heterocycles. The quantitative estimate of drug-likeness (QED) is 0.385. The fourth-order valence-electron chi connectivity index (χ4n) is 3.68. The number of sulfone groups is 1. The van der Waals surface area contributed by atoms with E-state index in [-0.39, 0.29) is 55.7 Å². The number of ether oxygens (including phenoxy) is 2. The van der Waals surface area contributed by atoms with Crippen molar-refractivity contribution < 1.29 is 27.5 Å². The Morgan fingerprint density at radius 3 is 2.32 bits per heavy atom. The molecular formula is C24H29N3O6S. The second-order valence-corrected chi connectivity index (χ2v) is 10.2. The van der Waals surface area contributed by atoms with E-state index in [1.54, 1.807) is 11.9 Å². The fraction of sp³-hybridized carbons (Fsp3) is 0.333. The van der Waals surface area contributed by atoms with Crippen molar-refractivity contribution in [2.45, 2.75) is 22.5 Å². The Morgan fingerprint density at radius 2 is 1.74 bits per heavy atom. The van der Waals surface area contributed by atoms with Gasteiger partial charge < -0.3 is 25.4 Å². The van der Waals surface area contributed by atoms with Gasteiger partial charge in [0, 0.05) is 25.9 Å². The van der Waals surface area contributed by atoms with E-state index in [9.17, 15) is 18.0 Å². The van der Waals surface area contributed by atoms with Crippen molar-refractivity contribution in [3.63, 3.8) is 0 Å². The van der Waals surface area contributed by atoms with Crippen LogP contribution in [0, 0.1) is 0 Å². The first-order chi connectivity index (χ1) is 16.2. The van der Waals surface area contributed by atoms with Gasteiger partial charge in [0.2, 0.25) is 5.91 Å². The third kappa shape index (κ3) is 5.23. The van der Waals surface area contributed by atoms with Crippen LogP contribution in [-0.4, -0.2) is 58.4 Å². The number of nitrogens with zero attached hydrogens (tertiary/aromatic N) is 1. The lowest BCUT2D eigenvalue weighted by molar-refractivity contribution is -0.123. The van der Waals surface area contributed by atoms with Crippen LogP contribution >= 0.6 is 0 Å². The molecule has 10 heteroatoms. The lowest BCUT2D eigenvalue weighted by atomic mass is 9.98. The van der Waals surface area contributed by atoms with E-state index >= 15 is 0 Å². The molecular weight excluding hydrogens is 458 g/mol. The topological polar surface area (TPSA) is 128 Å². The van der Waals surface area contributed by atoms with Crippen LogP contribution in [0.15, 0.2) is 71.8 Å². The van der Waals surface area contributed by atoms with Crippen LogP contribution in [0.5, 0.6) is 5.75 Å². The minimum absolute atomic E-state index is 0.00546. The molecule has 0 atom stereocenters. The number of primary amides is 1. The van der Waals surface area contributed by atoms with Gasteiger partial charge in [-0.15, -0.1) is 0 Å². The van der Waals surface area contributed by atoms with Crippen LogP contribution in [0.25, 0.3) is 0 Å². The maximum absolute atomic E-state index is 13.2. The Morgan fingerprint density at radius 1 is 1.12 bits per heavy atom. The number of benzene rings is 2. The van der Waals surface area contributed by atoms with Crippen molar-refractivity contribution in [3.05, 3.63) is 66.9 Å². The summed E-state index contributed by atoms with van der Waals surface area (Å²) in [5.41, 5.74) is 6.62. The van der Waals surface area contributed by atoms with Gasteiger partial charge in [-0.25, -0.2) is 8.42 Å². The number of hydrogen-bond donors (Lipinski definition) is 2. The normalized spacial score (nSPS) is 15.2. The Balaban J connectivity index is 1.54. The smallest absolute Gasteiger partial charge is 0.267 e. The zero-order chi connectivity index (χ0) is 24.8. The highest BCUT2D eigenvalue weighted by Gasteiger charge is 2.51. The molecule has 2 aromatic carbocycles. The minimum atomic E-state index is -4.00. The molecule has 0 unspecified atom stereocenters. The minimum Gasteiger partial charge on any atom is -0.492 e. The molecule has 0 spiro atoms. The summed E-state index contributed by atoms with van der Waals surface area (Å²) in [6, 6.07) is 15.2. The van der Waals surface area contributed by atoms with Crippen LogP contribution in [0.3, 0.4) is 0 Å². The van der Waals surface area contributed by atoms with Crippen molar-refractivity contribution >= 4 is 27.3 Å². The largest absolute Gasteiger partial charge is 0.492 e. The van der Waals surface area contributed by atoms with E-state index in [0.29, 0.717) is 5.75 Å². The number of para-hydroxylation sites is 1. The third-order valence-electron chi connectivity index (χ3n) is 5.86. The molecule has 0 radical (unpaired) electrons. The molecule has 9 nitrogen and oxygen atoms in total. The van der Waals surface area contributed by atoms with Gasteiger partial charge in [-0.3, -0.25) is 9.59 Å². The van der Waals surface area contributed by atoms with Crippen LogP contribution in [0.2, 0.25) is 0 Å². The molecule has 182 valence electrons. The molecule has 2 aromatic rings. The lowest BCUT2D eigenvalue weighted by Crippen LogP contribution is -2.53. The van der Waals surface area contributed by atoms with Gasteiger partial charge in [-0.05, 0) is 49.2 Å². The van der Waals surface area contributed by atoms with Gasteiger partial charge in [0.1, 0.15) is 12.4 Å². The van der Waals surface area contributed by atoms with Crippen LogP contribution in [0.4, 0.5) is 5.69 Å². The van der Waals surface area contributed by atoms with Crippen molar-refractivity contribution in [2.24, 2.45) is 5.73 Å². The zero-order valence-corrected chi connectivity index (χ0v) is 19.8. The SMILES string of the molecule is C=C(C(=O)NCCOc1ccc(S(=O)(=O)C2(C(N)=O)CCOCC2)cc1)N(C)c1ccccc1. The zero-order valence-electron chi connectivity index (χ0n) is 19.0. The fourth-order valence-corrected chi connectivity index (χ4v) is 5.60. The van der Waals surface area contributed by atoms with Crippen LogP contribution in [-0.2, 0) is 24.2 Å². The molecule has 0 saturated carbocycles. The number of nitrogens with two attached hydrogens (primary N) is 1. The Kier molecular flexibility index (Phi) is 7.95. The van der Waals surface area contributed by atoms with Crippen LogP contribution in [0.1, 0.15) is 12.8 Å². The van der Waals surface area contributed by atoms with Gasteiger partial charge >= 0.3 is 0 Å². The van der Waals surface area contributed by atoms with E-state index in [1.165, 1.54) is 24.3 Å². The molecule has 2 amide bonds. The summed E-state index contributed by atoms with van der Waals surface area (Å²) in [5, 5.41) is 2.74. The average Bonchev–Trinajstić information content (AvgIpc) is 2.86. The highest BCUT2D eigenvalue weighted by Crippen LogP contribution is 2.35. The Hall–Kier alpha value is -3.37. The molecule has 3 N–H and O–H groups in total. The standard InChI is InChI=1S/C24H29N3O6S/c1-18(27(2)19-6-4-3-5-7-19)22(28)26-14-17-33-20-8-10-21(11-9-20)34(30,31)24(23(25)29)12-15-32-16-13-24/h3-11H,1,12-17H2,2H3,(H2,25,29)(H,26,28). The predicted octanol–water partition coefficient (Wildman–Crippen LogP) is 1.64. The number of nitrogens with one attached hydrogen (secondary N) is 1. The summed E-state index contributed by atoms with van der Waals surface area (Å²) in [5.74, 6) is -0.774. The number of carbonyl (C=O) groups excluding carboxylic acids is 2. The summed E-state index contributed by atoms with van der Waals surface area (Å²) < 4.78 is 35.5. The summed E-state index contributed by atoms with van der Waals surface area (Å²) in [7, 11) is -2.24. The number of hydrogen-bond acceptors (Lipinski definition) is 7. The predicted molar refractivity (Wildman–Crippen MR) is 128 cm³/mol. The van der Waals surface area contributed by atoms with E-state index in [4.69, 9.17) is 15.2 Å². The number of carbonyl (C=O) groups is 2. The molecule has 3 rings (SSSR count). The Labute approximate surface area is 199 Å². The van der Waals surface area contributed by atoms with Crippen molar-refractivity contribution in [1.29, 1.82) is 0 Å². The molecule has 1 aliphatic rings. The maximum atomic E-state index is 13.2. The van der Waals surface area contributed by atoms with E-state index in [1.807, 2.05) is 30.3 Å². The highest BCUT2D eigenvalue weighted by atomic mass is 32.2. The van der Waals surface area contributed by atoms with Gasteiger partial charge in [0.25, 0.3) is 5.91 Å². The van der Waals surface area contributed by atoms with Crippen molar-refractivity contribution in [3.8, 4) is 5.75 Å². The first-order valence-corrected chi connectivity index (χ1v) is 12.3. The highest BCUT2D eigenvalue weighted by molar-refractivity contribution is 7.93. The molecule has 0 aliphatic carbocycles. The molecule has 1 saturated heterocycles. The summed E-state index contributed by atoms with van der Waals surface area (Å²) in [6.45, 7) is 4.54. The summed E-state index contributed by atoms with van der Waals surface area (Å²) >= 11 is 0. The first kappa shape index (κ1) is 25.3. The number of amides is 2. The van der Waals surface area contributed by atoms with Gasteiger partial charge in [-0.2, -0.15) is 0 Å². The number of likely N-dealkylation sites (N-methyl/N-ethyl adjacent to an activating group) is 1. The molecule has 1 fully saturated rings. The van der Waals surface area contributed by atoms with Crippen molar-refractivity contribution in [2.75, 3.05) is 38.3 Å². The number of rotatable bonds is 10. The lowest BCUT2D eigenvalue weighted by Gasteiger charge is -2.33. The van der Waals surface area contributed by atoms with Gasteiger partial charge in [-0.1, -0.05) is 24.8 Å². The van der Waals surface area contributed by atoms with E-state index in [0.717, 1.165) is 5.69 Å². The third-order valence-corrected chi connectivity index (χ3v) is 8.40. The second-order valence-electron chi connectivity index (χ2n) is 7.89. The Bertz CT molecular complexity index is 1130. The monoisotopic (exact) mass is 487 g/mol. The van der Waals surface area contributed by atoms with Crippen LogP contribution < -0.4 is 20.7 Å². The van der Waals surface area contributed by atoms with Gasteiger partial charge in [0.05, 0.1) is 17.1 Å². The van der Waals surface area contributed by atoms with Gasteiger partial charge in [0.15, 0.2) is 14.6 Å². The average molecular weight is 488 g/mol. The molecule has 0 bridgehead atoms.